The smallest absolute Gasteiger partial charge is 0.305 e. The molecular weight excluding hydrogens is 224 g/mol. The quantitative estimate of drug-likeness (QED) is 0.358. The van der Waals surface area contributed by atoms with Crippen molar-refractivity contribution in [3.63, 3.8) is 0 Å². The molecule has 0 N–H and O–H groups in total. The predicted octanol–water partition coefficient (Wildman–Crippen LogP) is 5.11. The van der Waals surface area contributed by atoms with E-state index in [0.717, 1.165) is 12.3 Å². The third-order valence-corrected chi connectivity index (χ3v) is 3.61. The highest BCUT2D eigenvalue weighted by atomic mass is 16.5. The summed E-state index contributed by atoms with van der Waals surface area (Å²) in [6.07, 6.45) is 13.6. The summed E-state index contributed by atoms with van der Waals surface area (Å²) < 4.78 is 4.62. The summed E-state index contributed by atoms with van der Waals surface area (Å²) >= 11 is 0. The van der Waals surface area contributed by atoms with Crippen molar-refractivity contribution in [2.75, 3.05) is 7.11 Å². The van der Waals surface area contributed by atoms with Crippen LogP contribution in [0.15, 0.2) is 0 Å². The molecule has 0 bridgehead atoms. The highest BCUT2D eigenvalue weighted by molar-refractivity contribution is 5.68. The Morgan fingerprint density at radius 2 is 1.50 bits per heavy atom. The first-order chi connectivity index (χ1) is 8.70. The molecule has 0 aliphatic rings. The van der Waals surface area contributed by atoms with Crippen molar-refractivity contribution < 1.29 is 9.53 Å². The minimum atomic E-state index is -0.0699. The van der Waals surface area contributed by atoms with Crippen LogP contribution in [0.5, 0.6) is 0 Å². The Balaban J connectivity index is 3.17. The van der Waals surface area contributed by atoms with Gasteiger partial charge < -0.3 is 4.74 Å². The molecule has 0 amide bonds. The van der Waals surface area contributed by atoms with Gasteiger partial charge in [0.15, 0.2) is 0 Å². The van der Waals surface area contributed by atoms with Crippen LogP contribution >= 0.6 is 0 Å². The van der Waals surface area contributed by atoms with Crippen LogP contribution in [0.1, 0.15) is 84.5 Å². The van der Waals surface area contributed by atoms with Crippen LogP contribution in [-0.2, 0) is 9.53 Å². The fourth-order valence-corrected chi connectivity index (χ4v) is 2.28. The average Bonchev–Trinajstić information content (AvgIpc) is 2.37. The maximum absolute atomic E-state index is 10.9. The largest absolute Gasteiger partial charge is 0.469 e. The minimum absolute atomic E-state index is 0.0699. The summed E-state index contributed by atoms with van der Waals surface area (Å²) in [6, 6.07) is 0. The van der Waals surface area contributed by atoms with Crippen LogP contribution in [0.25, 0.3) is 0 Å². The first-order valence-electron chi connectivity index (χ1n) is 7.77. The van der Waals surface area contributed by atoms with E-state index < -0.39 is 0 Å². The van der Waals surface area contributed by atoms with E-state index in [2.05, 4.69) is 18.6 Å². The number of carbonyl (C=O) groups excluding carboxylic acids is 1. The van der Waals surface area contributed by atoms with Gasteiger partial charge >= 0.3 is 5.97 Å². The van der Waals surface area contributed by atoms with E-state index in [9.17, 15) is 4.79 Å². The molecule has 0 fully saturated rings. The van der Waals surface area contributed by atoms with Crippen molar-refractivity contribution in [2.45, 2.75) is 84.5 Å². The Kier molecular flexibility index (Phi) is 12.5. The van der Waals surface area contributed by atoms with Gasteiger partial charge in [0.05, 0.1) is 7.11 Å². The SMILES string of the molecule is CCCCCC(C)CCCCCCCC(=O)OC. The molecule has 0 heterocycles. The topological polar surface area (TPSA) is 26.3 Å². The Morgan fingerprint density at radius 1 is 0.944 bits per heavy atom. The van der Waals surface area contributed by atoms with E-state index in [0.29, 0.717) is 6.42 Å². The average molecular weight is 256 g/mol. The minimum Gasteiger partial charge on any atom is -0.469 e. The molecule has 1 atom stereocenters. The van der Waals surface area contributed by atoms with Gasteiger partial charge in [-0.3, -0.25) is 4.79 Å². The number of rotatable bonds is 12. The second kappa shape index (κ2) is 12.9. The molecule has 0 radical (unpaired) electrons. The zero-order chi connectivity index (χ0) is 13.6. The summed E-state index contributed by atoms with van der Waals surface area (Å²) in [5.74, 6) is 0.825. The number of esters is 1. The Hall–Kier alpha value is -0.530. The number of methoxy groups -OCH3 is 1. The van der Waals surface area contributed by atoms with Crippen LogP contribution in [0.4, 0.5) is 0 Å². The summed E-state index contributed by atoms with van der Waals surface area (Å²) in [7, 11) is 1.46. The number of unbranched alkanes of at least 4 members (excludes halogenated alkanes) is 6. The molecule has 18 heavy (non-hydrogen) atoms. The van der Waals surface area contributed by atoms with Crippen LogP contribution in [0.3, 0.4) is 0 Å². The van der Waals surface area contributed by atoms with Gasteiger partial charge in [-0.2, -0.15) is 0 Å². The molecule has 2 nitrogen and oxygen atoms in total. The van der Waals surface area contributed by atoms with Crippen LogP contribution in [0, 0.1) is 5.92 Å². The number of hydrogen-bond acceptors (Lipinski definition) is 2. The summed E-state index contributed by atoms with van der Waals surface area (Å²) in [6.45, 7) is 4.64. The second-order valence-electron chi connectivity index (χ2n) is 5.48. The Morgan fingerprint density at radius 3 is 2.11 bits per heavy atom. The van der Waals surface area contributed by atoms with Crippen molar-refractivity contribution in [3.05, 3.63) is 0 Å². The van der Waals surface area contributed by atoms with Crippen molar-refractivity contribution in [2.24, 2.45) is 5.92 Å². The lowest BCUT2D eigenvalue weighted by Gasteiger charge is -2.10. The van der Waals surface area contributed by atoms with Gasteiger partial charge in [-0.05, 0) is 12.3 Å². The zero-order valence-corrected chi connectivity index (χ0v) is 12.7. The van der Waals surface area contributed by atoms with E-state index in [4.69, 9.17) is 0 Å². The van der Waals surface area contributed by atoms with Gasteiger partial charge in [-0.15, -0.1) is 0 Å². The van der Waals surface area contributed by atoms with E-state index in [1.54, 1.807) is 0 Å². The zero-order valence-electron chi connectivity index (χ0n) is 12.7. The molecule has 2 heteroatoms. The van der Waals surface area contributed by atoms with Gasteiger partial charge in [0.2, 0.25) is 0 Å². The van der Waals surface area contributed by atoms with Crippen molar-refractivity contribution in [1.82, 2.24) is 0 Å². The molecule has 0 aliphatic carbocycles. The van der Waals surface area contributed by atoms with Crippen LogP contribution < -0.4 is 0 Å². The van der Waals surface area contributed by atoms with Crippen molar-refractivity contribution in [1.29, 1.82) is 0 Å². The van der Waals surface area contributed by atoms with Gasteiger partial charge in [0.25, 0.3) is 0 Å². The molecule has 0 spiro atoms. The first-order valence-corrected chi connectivity index (χ1v) is 7.77. The lowest BCUT2D eigenvalue weighted by molar-refractivity contribution is -0.140. The Bertz CT molecular complexity index is 190. The summed E-state index contributed by atoms with van der Waals surface area (Å²) in [5, 5.41) is 0. The third-order valence-electron chi connectivity index (χ3n) is 3.61. The fourth-order valence-electron chi connectivity index (χ4n) is 2.28. The highest BCUT2D eigenvalue weighted by Gasteiger charge is 2.02. The van der Waals surface area contributed by atoms with E-state index in [-0.39, 0.29) is 5.97 Å². The van der Waals surface area contributed by atoms with Gasteiger partial charge in [-0.25, -0.2) is 0 Å². The molecule has 0 rings (SSSR count). The number of ether oxygens (including phenoxy) is 1. The predicted molar refractivity (Wildman–Crippen MR) is 77.6 cm³/mol. The van der Waals surface area contributed by atoms with E-state index >= 15 is 0 Å². The van der Waals surface area contributed by atoms with Crippen molar-refractivity contribution in [3.8, 4) is 0 Å². The maximum Gasteiger partial charge on any atom is 0.305 e. The van der Waals surface area contributed by atoms with Gasteiger partial charge in [0, 0.05) is 6.42 Å². The number of carbonyl (C=O) groups is 1. The Labute approximate surface area is 113 Å². The molecular formula is C16H32O2. The molecule has 0 aliphatic heterocycles. The summed E-state index contributed by atoms with van der Waals surface area (Å²) in [5.41, 5.74) is 0. The van der Waals surface area contributed by atoms with E-state index in [1.807, 2.05) is 0 Å². The van der Waals surface area contributed by atoms with Gasteiger partial charge in [-0.1, -0.05) is 71.6 Å². The fraction of sp³-hybridized carbons (Fsp3) is 0.938. The maximum atomic E-state index is 10.9. The molecule has 0 aromatic heterocycles. The molecule has 108 valence electrons. The lowest BCUT2D eigenvalue weighted by atomic mass is 9.96. The normalized spacial score (nSPS) is 12.4. The standard InChI is InChI=1S/C16H32O2/c1-4-5-9-12-15(2)13-10-7-6-8-11-14-16(17)18-3/h15H,4-14H2,1-3H3. The number of hydrogen-bond donors (Lipinski definition) is 0. The monoisotopic (exact) mass is 256 g/mol. The first kappa shape index (κ1) is 17.5. The molecule has 0 aromatic carbocycles. The second-order valence-corrected chi connectivity index (χ2v) is 5.48. The lowest BCUT2D eigenvalue weighted by Crippen LogP contribution is -1.99. The highest BCUT2D eigenvalue weighted by Crippen LogP contribution is 2.17. The van der Waals surface area contributed by atoms with Crippen LogP contribution in [0.2, 0.25) is 0 Å². The molecule has 0 aromatic rings. The molecule has 0 saturated heterocycles. The summed E-state index contributed by atoms with van der Waals surface area (Å²) in [4.78, 5) is 10.9. The van der Waals surface area contributed by atoms with Crippen molar-refractivity contribution >= 4 is 5.97 Å². The van der Waals surface area contributed by atoms with E-state index in [1.165, 1.54) is 64.9 Å². The van der Waals surface area contributed by atoms with Gasteiger partial charge in [0.1, 0.15) is 0 Å². The molecule has 1 unspecified atom stereocenters. The third kappa shape index (κ3) is 11.9. The van der Waals surface area contributed by atoms with Crippen LogP contribution in [-0.4, -0.2) is 13.1 Å². The molecule has 0 saturated carbocycles.